The molecule has 1 aromatic rings. The molecular formula is C16H26BrN3. The van der Waals surface area contributed by atoms with Gasteiger partial charge in [0.15, 0.2) is 0 Å². The van der Waals surface area contributed by atoms with Crippen molar-refractivity contribution < 1.29 is 0 Å². The minimum absolute atomic E-state index is 0.0204. The number of aromatic nitrogens is 2. The molecule has 2 saturated carbocycles. The molecule has 1 aromatic heterocycles. The van der Waals surface area contributed by atoms with E-state index in [0.717, 1.165) is 41.4 Å². The van der Waals surface area contributed by atoms with Crippen LogP contribution in [0.1, 0.15) is 56.8 Å². The number of nitrogens with zero attached hydrogens (tertiary/aromatic N) is 2. The summed E-state index contributed by atoms with van der Waals surface area (Å²) < 4.78 is 3.28. The van der Waals surface area contributed by atoms with Gasteiger partial charge in [-0.2, -0.15) is 5.10 Å². The highest BCUT2D eigenvalue weighted by Gasteiger charge is 2.40. The van der Waals surface area contributed by atoms with Gasteiger partial charge in [0.25, 0.3) is 0 Å². The topological polar surface area (TPSA) is 43.8 Å². The number of aryl methyl sites for hydroxylation is 2. The maximum Gasteiger partial charge on any atom is 0.0738 e. The van der Waals surface area contributed by atoms with Crippen LogP contribution in [-0.4, -0.2) is 15.3 Å². The van der Waals surface area contributed by atoms with Crippen molar-refractivity contribution in [2.45, 2.75) is 70.9 Å². The van der Waals surface area contributed by atoms with Crippen molar-refractivity contribution in [2.75, 3.05) is 0 Å². The Morgan fingerprint density at radius 1 is 1.35 bits per heavy atom. The van der Waals surface area contributed by atoms with Crippen molar-refractivity contribution in [1.82, 2.24) is 9.78 Å². The van der Waals surface area contributed by atoms with Gasteiger partial charge in [0.1, 0.15) is 0 Å². The van der Waals surface area contributed by atoms with Crippen LogP contribution < -0.4 is 5.73 Å². The van der Waals surface area contributed by atoms with E-state index in [1.54, 1.807) is 0 Å². The van der Waals surface area contributed by atoms with Gasteiger partial charge in [0.2, 0.25) is 0 Å². The Morgan fingerprint density at radius 2 is 2.10 bits per heavy atom. The smallest absolute Gasteiger partial charge is 0.0738 e. The minimum atomic E-state index is -0.0204. The van der Waals surface area contributed by atoms with Gasteiger partial charge in [-0.15, -0.1) is 0 Å². The van der Waals surface area contributed by atoms with Crippen LogP contribution in [-0.2, 0) is 13.0 Å². The van der Waals surface area contributed by atoms with Crippen molar-refractivity contribution in [3.63, 3.8) is 0 Å². The molecule has 2 unspecified atom stereocenters. The zero-order valence-corrected chi connectivity index (χ0v) is 14.2. The second-order valence-corrected chi connectivity index (χ2v) is 7.69. The van der Waals surface area contributed by atoms with Crippen LogP contribution in [0.2, 0.25) is 0 Å². The van der Waals surface area contributed by atoms with E-state index >= 15 is 0 Å². The monoisotopic (exact) mass is 339 g/mol. The van der Waals surface area contributed by atoms with Gasteiger partial charge in [-0.1, -0.05) is 12.8 Å². The maximum absolute atomic E-state index is 6.79. The second kappa shape index (κ2) is 5.45. The van der Waals surface area contributed by atoms with E-state index in [0.29, 0.717) is 0 Å². The fourth-order valence-corrected chi connectivity index (χ4v) is 4.37. The molecule has 2 aliphatic carbocycles. The van der Waals surface area contributed by atoms with Crippen LogP contribution in [0, 0.1) is 18.8 Å². The summed E-state index contributed by atoms with van der Waals surface area (Å²) in [6, 6.07) is 0. The lowest BCUT2D eigenvalue weighted by Gasteiger charge is -2.38. The van der Waals surface area contributed by atoms with Crippen LogP contribution in [0.15, 0.2) is 4.47 Å². The summed E-state index contributed by atoms with van der Waals surface area (Å²) in [6.07, 6.45) is 8.92. The van der Waals surface area contributed by atoms with Crippen LogP contribution in [0.25, 0.3) is 0 Å². The van der Waals surface area contributed by atoms with Gasteiger partial charge in [0.05, 0.1) is 15.9 Å². The van der Waals surface area contributed by atoms with Crippen molar-refractivity contribution >= 4 is 15.9 Å². The first-order chi connectivity index (χ1) is 9.52. The molecule has 0 bridgehead atoms. The van der Waals surface area contributed by atoms with E-state index in [4.69, 9.17) is 5.73 Å². The van der Waals surface area contributed by atoms with E-state index in [2.05, 4.69) is 39.6 Å². The second-order valence-electron chi connectivity index (χ2n) is 6.89. The largest absolute Gasteiger partial charge is 0.325 e. The Labute approximate surface area is 130 Å². The molecule has 3 rings (SSSR count). The Balaban J connectivity index is 1.78. The molecule has 1 heterocycles. The molecule has 0 amide bonds. The zero-order chi connectivity index (χ0) is 14.3. The molecule has 0 saturated heterocycles. The van der Waals surface area contributed by atoms with Crippen molar-refractivity contribution in [3.8, 4) is 0 Å². The summed E-state index contributed by atoms with van der Waals surface area (Å²) in [6.45, 7) is 5.14. The lowest BCUT2D eigenvalue weighted by atomic mass is 9.72. The normalized spacial score (nSPS) is 30.7. The van der Waals surface area contributed by atoms with Crippen LogP contribution >= 0.6 is 15.9 Å². The summed E-state index contributed by atoms with van der Waals surface area (Å²) in [5, 5.41) is 4.61. The molecule has 2 fully saturated rings. The lowest BCUT2D eigenvalue weighted by molar-refractivity contribution is 0.201. The molecular weight excluding hydrogens is 314 g/mol. The van der Waals surface area contributed by atoms with Gasteiger partial charge in [-0.3, -0.25) is 4.68 Å². The summed E-state index contributed by atoms with van der Waals surface area (Å²) in [5.41, 5.74) is 9.15. The number of nitrogens with two attached hydrogens (primary N) is 1. The average molecular weight is 340 g/mol. The molecule has 2 aliphatic rings. The van der Waals surface area contributed by atoms with Gasteiger partial charge < -0.3 is 5.73 Å². The molecule has 2 atom stereocenters. The molecule has 4 heteroatoms. The SMILES string of the molecule is CCn1nc(C)c(Br)c1CC1(N)CCCC(C2CC2)C1. The highest BCUT2D eigenvalue weighted by Crippen LogP contribution is 2.46. The van der Waals surface area contributed by atoms with E-state index < -0.39 is 0 Å². The van der Waals surface area contributed by atoms with E-state index in [9.17, 15) is 0 Å². The van der Waals surface area contributed by atoms with Crippen LogP contribution in [0.3, 0.4) is 0 Å². The predicted molar refractivity (Wildman–Crippen MR) is 85.6 cm³/mol. The van der Waals surface area contributed by atoms with Crippen molar-refractivity contribution in [2.24, 2.45) is 17.6 Å². The standard InChI is InChI=1S/C16H26BrN3/c1-3-20-14(15(17)11(2)19-20)10-16(18)8-4-5-13(9-16)12-6-7-12/h12-13H,3-10,18H2,1-2H3. The third-order valence-electron chi connectivity index (χ3n) is 5.18. The van der Waals surface area contributed by atoms with E-state index in [-0.39, 0.29) is 5.54 Å². The summed E-state index contributed by atoms with van der Waals surface area (Å²) in [4.78, 5) is 0. The van der Waals surface area contributed by atoms with Crippen LogP contribution in [0.5, 0.6) is 0 Å². The zero-order valence-electron chi connectivity index (χ0n) is 12.7. The quantitative estimate of drug-likeness (QED) is 0.906. The van der Waals surface area contributed by atoms with Crippen molar-refractivity contribution in [1.29, 1.82) is 0 Å². The molecule has 3 nitrogen and oxygen atoms in total. The lowest BCUT2D eigenvalue weighted by Crippen LogP contribution is -2.47. The Bertz CT molecular complexity index is 492. The number of rotatable bonds is 4. The van der Waals surface area contributed by atoms with Gasteiger partial charge >= 0.3 is 0 Å². The molecule has 112 valence electrons. The average Bonchev–Trinajstić information content (AvgIpc) is 3.22. The van der Waals surface area contributed by atoms with Gasteiger partial charge in [-0.25, -0.2) is 0 Å². The fraction of sp³-hybridized carbons (Fsp3) is 0.812. The Hall–Kier alpha value is -0.350. The Morgan fingerprint density at radius 3 is 2.75 bits per heavy atom. The minimum Gasteiger partial charge on any atom is -0.325 e. The van der Waals surface area contributed by atoms with Crippen molar-refractivity contribution in [3.05, 3.63) is 15.9 Å². The molecule has 2 N–H and O–H groups in total. The third-order valence-corrected chi connectivity index (χ3v) is 6.21. The van der Waals surface area contributed by atoms with Crippen LogP contribution in [0.4, 0.5) is 0 Å². The van der Waals surface area contributed by atoms with Gasteiger partial charge in [0, 0.05) is 18.5 Å². The number of halogens is 1. The molecule has 0 spiro atoms. The first-order valence-corrected chi connectivity index (χ1v) is 8.82. The van der Waals surface area contributed by atoms with E-state index in [1.807, 2.05) is 0 Å². The predicted octanol–water partition coefficient (Wildman–Crippen LogP) is 3.81. The van der Waals surface area contributed by atoms with E-state index in [1.165, 1.54) is 37.8 Å². The number of hydrogen-bond acceptors (Lipinski definition) is 2. The molecule has 20 heavy (non-hydrogen) atoms. The molecule has 0 aromatic carbocycles. The highest BCUT2D eigenvalue weighted by atomic mass is 79.9. The molecule has 0 radical (unpaired) electrons. The highest BCUT2D eigenvalue weighted by molar-refractivity contribution is 9.10. The Kier molecular flexibility index (Phi) is 3.97. The molecule has 0 aliphatic heterocycles. The first kappa shape index (κ1) is 14.6. The fourth-order valence-electron chi connectivity index (χ4n) is 3.94. The first-order valence-electron chi connectivity index (χ1n) is 8.03. The summed E-state index contributed by atoms with van der Waals surface area (Å²) in [5.74, 6) is 1.87. The third kappa shape index (κ3) is 2.82. The number of hydrogen-bond donors (Lipinski definition) is 1. The summed E-state index contributed by atoms with van der Waals surface area (Å²) in [7, 11) is 0. The summed E-state index contributed by atoms with van der Waals surface area (Å²) >= 11 is 3.71. The van der Waals surface area contributed by atoms with Gasteiger partial charge in [-0.05, 0) is 67.3 Å². The maximum atomic E-state index is 6.79.